The van der Waals surface area contributed by atoms with E-state index in [2.05, 4.69) is 54.5 Å². The monoisotopic (exact) mass is 444 g/mol. The summed E-state index contributed by atoms with van der Waals surface area (Å²) in [6, 6.07) is 0. The fourth-order valence-electron chi connectivity index (χ4n) is 9.03. The smallest absolute Gasteiger partial charge is 0.0682 e. The summed E-state index contributed by atoms with van der Waals surface area (Å²) in [5.41, 5.74) is 2.12. The molecule has 3 fully saturated rings. The highest BCUT2D eigenvalue weighted by Gasteiger charge is 2.60. The molecule has 2 heteroatoms. The molecule has 0 aromatic rings. The highest BCUT2D eigenvalue weighted by molar-refractivity contribution is 5.27. The van der Waals surface area contributed by atoms with Gasteiger partial charge in [-0.2, -0.15) is 0 Å². The third kappa shape index (κ3) is 4.15. The SMILES string of the molecule is CC[C@]1(O)CC[C@@]2(C)C(=CC[C@H]3[C@@H]4CC[C@H]([C@H](C)[C@H](O)CCC(C)(C)C)[C@@]4(C)CC[C@@H]32)C1. The van der Waals surface area contributed by atoms with Crippen molar-refractivity contribution >= 4 is 0 Å². The van der Waals surface area contributed by atoms with Gasteiger partial charge in [-0.3, -0.25) is 0 Å². The molecule has 0 unspecified atom stereocenters. The van der Waals surface area contributed by atoms with Gasteiger partial charge < -0.3 is 10.2 Å². The Labute approximate surface area is 198 Å². The van der Waals surface area contributed by atoms with E-state index in [1.807, 2.05) is 0 Å². The summed E-state index contributed by atoms with van der Waals surface area (Å²) in [6.07, 6.45) is 15.0. The van der Waals surface area contributed by atoms with E-state index < -0.39 is 5.60 Å². The van der Waals surface area contributed by atoms with Gasteiger partial charge in [0.05, 0.1) is 11.7 Å². The van der Waals surface area contributed by atoms with Crippen LogP contribution in [0.4, 0.5) is 0 Å². The Morgan fingerprint density at radius 1 is 1.06 bits per heavy atom. The molecule has 32 heavy (non-hydrogen) atoms. The van der Waals surface area contributed by atoms with Gasteiger partial charge in [-0.25, -0.2) is 0 Å². The molecule has 0 aromatic carbocycles. The number of aliphatic hydroxyl groups excluding tert-OH is 1. The molecule has 2 nitrogen and oxygen atoms in total. The van der Waals surface area contributed by atoms with E-state index in [9.17, 15) is 10.2 Å². The fourth-order valence-corrected chi connectivity index (χ4v) is 9.03. The highest BCUT2D eigenvalue weighted by atomic mass is 16.3. The molecule has 3 saturated carbocycles. The first kappa shape index (κ1) is 24.8. The Kier molecular flexibility index (Phi) is 6.50. The van der Waals surface area contributed by atoms with Gasteiger partial charge in [-0.05, 0) is 116 Å². The van der Waals surface area contributed by atoms with Gasteiger partial charge in [0, 0.05) is 0 Å². The van der Waals surface area contributed by atoms with Crippen LogP contribution in [0.3, 0.4) is 0 Å². The van der Waals surface area contributed by atoms with E-state index in [0.29, 0.717) is 28.1 Å². The first-order chi connectivity index (χ1) is 14.8. The first-order valence-corrected chi connectivity index (χ1v) is 13.9. The van der Waals surface area contributed by atoms with Gasteiger partial charge in [-0.1, -0.05) is 60.1 Å². The molecular formula is C30H52O2. The fraction of sp³-hybridized carbons (Fsp3) is 0.933. The van der Waals surface area contributed by atoms with Crippen LogP contribution in [0.15, 0.2) is 11.6 Å². The minimum absolute atomic E-state index is 0.159. The Morgan fingerprint density at radius 2 is 1.78 bits per heavy atom. The van der Waals surface area contributed by atoms with Gasteiger partial charge in [0.15, 0.2) is 0 Å². The number of fused-ring (bicyclic) bond motifs is 5. The number of hydrogen-bond acceptors (Lipinski definition) is 2. The maximum atomic E-state index is 11.1. The number of aliphatic hydroxyl groups is 2. The van der Waals surface area contributed by atoms with E-state index >= 15 is 0 Å². The van der Waals surface area contributed by atoms with Crippen LogP contribution in [0.2, 0.25) is 0 Å². The summed E-state index contributed by atoms with van der Waals surface area (Å²) in [6.45, 7) is 16.5. The molecule has 184 valence electrons. The quantitative estimate of drug-likeness (QED) is 0.430. The standard InChI is InChI=1S/C30H52O2/c1-8-30(32)18-17-28(6)21(19-30)9-10-22-24-12-11-23(29(24,7)16-13-25(22)28)20(2)26(31)14-15-27(3,4)5/h9,20,22-26,31-32H,8,10-19H2,1-7H3/t20-,22-,23+,24-,25-,26+,28-,29+,30-/m0/s1. The Bertz CT molecular complexity index is 719. The molecule has 0 radical (unpaired) electrons. The van der Waals surface area contributed by atoms with E-state index in [1.54, 1.807) is 5.57 Å². The average molecular weight is 445 g/mol. The van der Waals surface area contributed by atoms with Crippen LogP contribution in [0, 0.1) is 45.8 Å². The van der Waals surface area contributed by atoms with E-state index in [1.165, 1.54) is 38.5 Å². The second-order valence-electron chi connectivity index (χ2n) is 14.3. The van der Waals surface area contributed by atoms with Gasteiger partial charge in [-0.15, -0.1) is 0 Å². The molecular weight excluding hydrogens is 392 g/mol. The zero-order chi connectivity index (χ0) is 23.5. The predicted molar refractivity (Wildman–Crippen MR) is 134 cm³/mol. The zero-order valence-corrected chi connectivity index (χ0v) is 22.2. The molecule has 9 atom stereocenters. The van der Waals surface area contributed by atoms with Gasteiger partial charge in [0.1, 0.15) is 0 Å². The molecule has 0 bridgehead atoms. The van der Waals surface area contributed by atoms with E-state index in [-0.39, 0.29) is 6.10 Å². The largest absolute Gasteiger partial charge is 0.393 e. The van der Waals surface area contributed by atoms with Gasteiger partial charge in [0.2, 0.25) is 0 Å². The third-order valence-corrected chi connectivity index (χ3v) is 11.4. The first-order valence-electron chi connectivity index (χ1n) is 13.9. The summed E-state index contributed by atoms with van der Waals surface area (Å²) in [7, 11) is 0. The average Bonchev–Trinajstić information content (AvgIpc) is 3.08. The summed E-state index contributed by atoms with van der Waals surface area (Å²) in [5, 5.41) is 22.1. The van der Waals surface area contributed by atoms with Crippen molar-refractivity contribution in [2.45, 2.75) is 131 Å². The second-order valence-corrected chi connectivity index (χ2v) is 14.3. The van der Waals surface area contributed by atoms with E-state index in [0.717, 1.165) is 49.9 Å². The van der Waals surface area contributed by atoms with Crippen LogP contribution < -0.4 is 0 Å². The third-order valence-electron chi connectivity index (χ3n) is 11.4. The minimum atomic E-state index is -0.460. The van der Waals surface area contributed by atoms with Crippen molar-refractivity contribution < 1.29 is 10.2 Å². The molecule has 4 rings (SSSR count). The van der Waals surface area contributed by atoms with Crippen molar-refractivity contribution in [3.63, 3.8) is 0 Å². The summed E-state index contributed by atoms with van der Waals surface area (Å²) in [4.78, 5) is 0. The van der Waals surface area contributed by atoms with Crippen molar-refractivity contribution in [1.29, 1.82) is 0 Å². The summed E-state index contributed by atoms with van der Waals surface area (Å²) >= 11 is 0. The topological polar surface area (TPSA) is 40.5 Å². The van der Waals surface area contributed by atoms with Crippen LogP contribution in [-0.2, 0) is 0 Å². The summed E-state index contributed by atoms with van der Waals surface area (Å²) < 4.78 is 0. The Balaban J connectivity index is 1.50. The summed E-state index contributed by atoms with van der Waals surface area (Å²) in [5.74, 6) is 3.48. The molecule has 0 spiro atoms. The molecule has 0 aromatic heterocycles. The van der Waals surface area contributed by atoms with Crippen LogP contribution in [-0.4, -0.2) is 21.9 Å². The molecule has 4 aliphatic rings. The van der Waals surface area contributed by atoms with Crippen molar-refractivity contribution in [2.75, 3.05) is 0 Å². The lowest BCUT2D eigenvalue weighted by Crippen LogP contribution is -2.52. The molecule has 0 amide bonds. The Hall–Kier alpha value is -0.340. The molecule has 2 N–H and O–H groups in total. The predicted octanol–water partition coefficient (Wildman–Crippen LogP) is 7.53. The van der Waals surface area contributed by atoms with Crippen LogP contribution >= 0.6 is 0 Å². The number of hydrogen-bond donors (Lipinski definition) is 2. The maximum absolute atomic E-state index is 11.1. The molecule has 0 heterocycles. The number of allylic oxidation sites excluding steroid dienone is 1. The maximum Gasteiger partial charge on any atom is 0.0682 e. The minimum Gasteiger partial charge on any atom is -0.393 e. The van der Waals surface area contributed by atoms with E-state index in [4.69, 9.17) is 0 Å². The molecule has 0 saturated heterocycles. The highest BCUT2D eigenvalue weighted by Crippen LogP contribution is 2.67. The number of rotatable bonds is 5. The van der Waals surface area contributed by atoms with Crippen LogP contribution in [0.1, 0.15) is 119 Å². The second kappa shape index (κ2) is 8.40. The Morgan fingerprint density at radius 3 is 2.44 bits per heavy atom. The van der Waals surface area contributed by atoms with Gasteiger partial charge in [0.25, 0.3) is 0 Å². The van der Waals surface area contributed by atoms with Gasteiger partial charge >= 0.3 is 0 Å². The van der Waals surface area contributed by atoms with Crippen LogP contribution in [0.25, 0.3) is 0 Å². The molecule has 0 aliphatic heterocycles. The van der Waals surface area contributed by atoms with Crippen molar-refractivity contribution in [3.05, 3.63) is 11.6 Å². The van der Waals surface area contributed by atoms with Crippen molar-refractivity contribution in [1.82, 2.24) is 0 Å². The van der Waals surface area contributed by atoms with Crippen LogP contribution in [0.5, 0.6) is 0 Å². The zero-order valence-electron chi connectivity index (χ0n) is 22.2. The van der Waals surface area contributed by atoms with Crippen molar-refractivity contribution in [3.8, 4) is 0 Å². The lowest BCUT2D eigenvalue weighted by atomic mass is 9.46. The normalized spacial score (nSPS) is 46.0. The lowest BCUT2D eigenvalue weighted by molar-refractivity contribution is -0.0820. The molecule has 4 aliphatic carbocycles. The van der Waals surface area contributed by atoms with Crippen molar-refractivity contribution in [2.24, 2.45) is 45.8 Å². The lowest BCUT2D eigenvalue weighted by Gasteiger charge is -2.59.